The van der Waals surface area contributed by atoms with E-state index in [0.29, 0.717) is 17.4 Å². The first kappa shape index (κ1) is 8.87. The number of aliphatic hydroxyl groups is 1. The van der Waals surface area contributed by atoms with Crippen LogP contribution in [-0.4, -0.2) is 18.0 Å². The van der Waals surface area contributed by atoms with Crippen molar-refractivity contribution in [3.8, 4) is 0 Å². The zero-order chi connectivity index (χ0) is 8.97. The summed E-state index contributed by atoms with van der Waals surface area (Å²) in [5, 5.41) is 8.55. The number of aldehydes is 1. The van der Waals surface area contributed by atoms with Crippen LogP contribution in [0.4, 0.5) is 4.39 Å². The molecule has 0 amide bonds. The van der Waals surface area contributed by atoms with Crippen molar-refractivity contribution in [2.45, 2.75) is 6.42 Å². The van der Waals surface area contributed by atoms with Crippen molar-refractivity contribution in [1.82, 2.24) is 0 Å². The van der Waals surface area contributed by atoms with Gasteiger partial charge in [-0.1, -0.05) is 0 Å². The van der Waals surface area contributed by atoms with Crippen molar-refractivity contribution in [1.29, 1.82) is 0 Å². The average molecular weight is 168 g/mol. The number of halogens is 1. The molecule has 1 aromatic rings. The lowest BCUT2D eigenvalue weighted by Crippen LogP contribution is -1.96. The van der Waals surface area contributed by atoms with Crippen molar-refractivity contribution in [3.05, 3.63) is 35.1 Å². The van der Waals surface area contributed by atoms with Crippen molar-refractivity contribution in [3.63, 3.8) is 0 Å². The van der Waals surface area contributed by atoms with Crippen LogP contribution in [0, 0.1) is 5.82 Å². The van der Waals surface area contributed by atoms with E-state index in [2.05, 4.69) is 0 Å². The molecule has 2 nitrogen and oxygen atoms in total. The number of rotatable bonds is 3. The molecule has 0 spiro atoms. The molecule has 0 aromatic heterocycles. The van der Waals surface area contributed by atoms with Gasteiger partial charge in [0.1, 0.15) is 12.1 Å². The van der Waals surface area contributed by atoms with E-state index in [-0.39, 0.29) is 18.8 Å². The van der Waals surface area contributed by atoms with Gasteiger partial charge in [0.05, 0.1) is 0 Å². The van der Waals surface area contributed by atoms with E-state index < -0.39 is 0 Å². The summed E-state index contributed by atoms with van der Waals surface area (Å²) in [6.45, 7) is -0.112. The molecule has 1 rings (SSSR count). The summed E-state index contributed by atoms with van der Waals surface area (Å²) in [5.41, 5.74) is 0.807. The van der Waals surface area contributed by atoms with Gasteiger partial charge in [0.2, 0.25) is 0 Å². The minimum Gasteiger partial charge on any atom is -0.396 e. The summed E-state index contributed by atoms with van der Waals surface area (Å²) in [7, 11) is 0. The van der Waals surface area contributed by atoms with Crippen molar-refractivity contribution in [2.24, 2.45) is 0 Å². The maximum atomic E-state index is 12.9. The third kappa shape index (κ3) is 1.89. The van der Waals surface area contributed by atoms with Crippen LogP contribution in [0.3, 0.4) is 0 Å². The third-order valence-corrected chi connectivity index (χ3v) is 1.59. The molecule has 0 aliphatic heterocycles. The molecule has 0 bridgehead atoms. The lowest BCUT2D eigenvalue weighted by atomic mass is 10.1. The smallest absolute Gasteiger partial charge is 0.150 e. The van der Waals surface area contributed by atoms with E-state index >= 15 is 0 Å². The molecule has 0 aliphatic carbocycles. The molecular weight excluding hydrogens is 159 g/mol. The molecule has 64 valence electrons. The predicted octanol–water partition coefficient (Wildman–Crippen LogP) is 1.17. The van der Waals surface area contributed by atoms with Gasteiger partial charge >= 0.3 is 0 Å². The Morgan fingerprint density at radius 3 is 2.83 bits per heavy atom. The predicted molar refractivity (Wildman–Crippen MR) is 42.6 cm³/mol. The molecule has 0 saturated carbocycles. The Morgan fingerprint density at radius 2 is 2.25 bits per heavy atom. The van der Waals surface area contributed by atoms with Crippen molar-refractivity contribution < 1.29 is 14.3 Å². The molecule has 0 unspecified atom stereocenters. The van der Waals surface area contributed by atoms with Crippen LogP contribution < -0.4 is 0 Å². The Hall–Kier alpha value is -1.22. The minimum absolute atomic E-state index is 0.112. The van der Waals surface area contributed by atoms with Gasteiger partial charge in [-0.25, -0.2) is 4.39 Å². The van der Waals surface area contributed by atoms with E-state index in [9.17, 15) is 9.18 Å². The summed E-state index contributed by atoms with van der Waals surface area (Å²) in [5.74, 6) is -0.380. The molecular formula is C9H9FO2. The van der Waals surface area contributed by atoms with Gasteiger partial charge in [0.25, 0.3) is 0 Å². The number of hydrogen-bond acceptors (Lipinski definition) is 2. The van der Waals surface area contributed by atoms with E-state index in [0.717, 1.165) is 0 Å². The van der Waals surface area contributed by atoms with Crippen molar-refractivity contribution >= 4 is 6.29 Å². The van der Waals surface area contributed by atoms with Crippen LogP contribution in [0.25, 0.3) is 0 Å². The first-order chi connectivity index (χ1) is 5.77. The molecule has 0 aliphatic rings. The first-order valence-electron chi connectivity index (χ1n) is 3.62. The highest BCUT2D eigenvalue weighted by atomic mass is 19.1. The van der Waals surface area contributed by atoms with Gasteiger partial charge in [0.15, 0.2) is 0 Å². The van der Waals surface area contributed by atoms with Crippen LogP contribution in [0.5, 0.6) is 0 Å². The minimum atomic E-state index is -0.380. The molecule has 12 heavy (non-hydrogen) atoms. The number of aliphatic hydroxyl groups excluding tert-OH is 1. The molecule has 0 radical (unpaired) electrons. The zero-order valence-corrected chi connectivity index (χ0v) is 6.46. The Kier molecular flexibility index (Phi) is 2.94. The molecule has 0 heterocycles. The summed E-state index contributed by atoms with van der Waals surface area (Å²) in [4.78, 5) is 10.3. The third-order valence-electron chi connectivity index (χ3n) is 1.59. The van der Waals surface area contributed by atoms with Gasteiger partial charge in [-0.15, -0.1) is 0 Å². The van der Waals surface area contributed by atoms with Gasteiger partial charge in [-0.2, -0.15) is 0 Å². The van der Waals surface area contributed by atoms with Crippen LogP contribution in [0.2, 0.25) is 0 Å². The molecule has 0 atom stereocenters. The summed E-state index contributed by atoms with van der Waals surface area (Å²) < 4.78 is 12.9. The highest BCUT2D eigenvalue weighted by molar-refractivity contribution is 5.74. The molecule has 3 heteroatoms. The lowest BCUT2D eigenvalue weighted by molar-refractivity contribution is 0.112. The lowest BCUT2D eigenvalue weighted by Gasteiger charge is -2.00. The number of hydrogen-bond donors (Lipinski definition) is 1. The highest BCUT2D eigenvalue weighted by Crippen LogP contribution is 2.09. The Balaban J connectivity index is 2.99. The van der Waals surface area contributed by atoms with Crippen LogP contribution in [-0.2, 0) is 6.42 Å². The number of carbonyl (C=O) groups is 1. The highest BCUT2D eigenvalue weighted by Gasteiger charge is 2.01. The molecule has 1 aromatic carbocycles. The Morgan fingerprint density at radius 1 is 1.50 bits per heavy atom. The normalized spacial score (nSPS) is 9.83. The maximum absolute atomic E-state index is 12.9. The molecule has 0 fully saturated rings. The first-order valence-corrected chi connectivity index (χ1v) is 3.62. The second-order valence-electron chi connectivity index (χ2n) is 2.44. The van der Waals surface area contributed by atoms with Crippen LogP contribution in [0.1, 0.15) is 15.9 Å². The Labute approximate surface area is 69.6 Å². The largest absolute Gasteiger partial charge is 0.396 e. The van der Waals surface area contributed by atoms with E-state index in [1.807, 2.05) is 0 Å². The second-order valence-corrected chi connectivity index (χ2v) is 2.44. The molecule has 0 saturated heterocycles. The summed E-state index contributed by atoms with van der Waals surface area (Å²) in [6.07, 6.45) is 0.897. The summed E-state index contributed by atoms with van der Waals surface area (Å²) >= 11 is 0. The van der Waals surface area contributed by atoms with Crippen molar-refractivity contribution in [2.75, 3.05) is 6.61 Å². The van der Waals surface area contributed by atoms with E-state index in [1.165, 1.54) is 18.2 Å². The monoisotopic (exact) mass is 168 g/mol. The maximum Gasteiger partial charge on any atom is 0.150 e. The van der Waals surface area contributed by atoms with E-state index in [1.54, 1.807) is 0 Å². The number of benzene rings is 1. The average Bonchev–Trinajstić information content (AvgIpc) is 2.09. The van der Waals surface area contributed by atoms with Gasteiger partial charge < -0.3 is 5.11 Å². The van der Waals surface area contributed by atoms with Crippen LogP contribution in [0.15, 0.2) is 18.2 Å². The summed E-state index contributed by atoms with van der Waals surface area (Å²) in [6, 6.07) is 4.08. The fourth-order valence-electron chi connectivity index (χ4n) is 0.980. The molecule has 1 N–H and O–H groups in total. The zero-order valence-electron chi connectivity index (χ0n) is 6.46. The van der Waals surface area contributed by atoms with Gasteiger partial charge in [-0.05, 0) is 30.2 Å². The van der Waals surface area contributed by atoms with Gasteiger partial charge in [-0.3, -0.25) is 4.79 Å². The SMILES string of the molecule is O=Cc1ccc(F)c(CCO)c1. The topological polar surface area (TPSA) is 37.3 Å². The quantitative estimate of drug-likeness (QED) is 0.688. The van der Waals surface area contributed by atoms with E-state index in [4.69, 9.17) is 5.11 Å². The Bertz CT molecular complexity index is 284. The second kappa shape index (κ2) is 3.97. The fraction of sp³-hybridized carbons (Fsp3) is 0.222. The number of carbonyl (C=O) groups excluding carboxylic acids is 1. The fourth-order valence-corrected chi connectivity index (χ4v) is 0.980. The van der Waals surface area contributed by atoms with Crippen LogP contribution >= 0.6 is 0 Å². The standard InChI is InChI=1S/C9H9FO2/c10-9-2-1-7(6-12)5-8(9)3-4-11/h1-2,5-6,11H,3-4H2. The van der Waals surface area contributed by atoms with Gasteiger partial charge in [0, 0.05) is 12.2 Å².